The first kappa shape index (κ1) is 73.5. The van der Waals surface area contributed by atoms with E-state index in [4.69, 9.17) is 18.5 Å². The number of allylic oxidation sites excluding steroid dienone is 12. The Balaban J connectivity index is 3.99. The Morgan fingerprint density at radius 2 is 0.750 bits per heavy atom. The standard InChI is InChI=1S/C66H120NO8P/c1-6-8-10-12-14-16-18-20-22-24-25-26-27-28-29-30-31-32-33-34-35-36-37-38-39-40-41-43-44-46-48-50-52-54-56-58-65(68)72-62-64(63-74-76(70,71)73-61-60-67(3,4)5)75-66(69)59-57-55-53-51-49-47-45-42-23-21-19-17-15-13-11-9-7-2/h9,11,15,17-18,20-21,23-25,45,47,64H,6-8,10,12-14,16,19,22,26-44,46,48-63H2,1-5H3/p+1/b11-9-,17-15-,20-18-,23-21-,25-24-,47-45-. The van der Waals surface area contributed by atoms with Crippen molar-refractivity contribution in [3.8, 4) is 0 Å². The van der Waals surface area contributed by atoms with Crippen molar-refractivity contribution in [1.82, 2.24) is 0 Å². The molecule has 0 aliphatic heterocycles. The van der Waals surface area contributed by atoms with Crippen LogP contribution >= 0.6 is 7.82 Å². The summed E-state index contributed by atoms with van der Waals surface area (Å²) in [5.74, 6) is -0.818. The highest BCUT2D eigenvalue weighted by molar-refractivity contribution is 7.47. The number of phosphoric ester groups is 1. The average molecular weight is 1090 g/mol. The molecule has 0 aromatic carbocycles. The minimum absolute atomic E-state index is 0.0251. The maximum atomic E-state index is 12.8. The second kappa shape index (κ2) is 57.1. The van der Waals surface area contributed by atoms with Crippen LogP contribution in [-0.4, -0.2) is 74.9 Å². The lowest BCUT2D eigenvalue weighted by Gasteiger charge is -2.24. The summed E-state index contributed by atoms with van der Waals surface area (Å²) in [6.07, 6.45) is 75.8. The van der Waals surface area contributed by atoms with E-state index in [1.165, 1.54) is 173 Å². The van der Waals surface area contributed by atoms with Crippen LogP contribution < -0.4 is 0 Å². The molecule has 0 saturated heterocycles. The average Bonchev–Trinajstić information content (AvgIpc) is 3.38. The first-order chi connectivity index (χ1) is 37.0. The first-order valence-corrected chi connectivity index (χ1v) is 33.2. The molecule has 0 radical (unpaired) electrons. The van der Waals surface area contributed by atoms with E-state index < -0.39 is 26.5 Å². The summed E-state index contributed by atoms with van der Waals surface area (Å²) in [6, 6.07) is 0. The maximum absolute atomic E-state index is 12.8. The topological polar surface area (TPSA) is 108 Å². The minimum atomic E-state index is -4.39. The van der Waals surface area contributed by atoms with Crippen molar-refractivity contribution in [2.75, 3.05) is 47.5 Å². The number of rotatable bonds is 58. The highest BCUT2D eigenvalue weighted by atomic mass is 31.2. The zero-order valence-corrected chi connectivity index (χ0v) is 51.1. The lowest BCUT2D eigenvalue weighted by molar-refractivity contribution is -0.870. The quantitative estimate of drug-likeness (QED) is 0.0211. The molecular weight excluding hydrogens is 966 g/mol. The molecule has 0 aromatic heterocycles. The van der Waals surface area contributed by atoms with Gasteiger partial charge in [0.25, 0.3) is 0 Å². The Labute approximate surface area is 469 Å². The van der Waals surface area contributed by atoms with Crippen molar-refractivity contribution in [2.24, 2.45) is 0 Å². The van der Waals surface area contributed by atoms with E-state index in [0.29, 0.717) is 17.4 Å². The molecule has 76 heavy (non-hydrogen) atoms. The monoisotopic (exact) mass is 1090 g/mol. The second-order valence-corrected chi connectivity index (χ2v) is 23.9. The molecule has 0 bridgehead atoms. The molecule has 442 valence electrons. The van der Waals surface area contributed by atoms with Gasteiger partial charge in [0.15, 0.2) is 6.10 Å². The predicted molar refractivity (Wildman–Crippen MR) is 326 cm³/mol. The molecular formula is C66H121NO8P+. The molecule has 0 rings (SSSR count). The molecule has 1 N–H and O–H groups in total. The van der Waals surface area contributed by atoms with Gasteiger partial charge in [0, 0.05) is 12.8 Å². The number of hydrogen-bond acceptors (Lipinski definition) is 7. The van der Waals surface area contributed by atoms with E-state index in [0.717, 1.165) is 77.0 Å². The number of nitrogens with zero attached hydrogens (tertiary/aromatic N) is 1. The molecule has 9 nitrogen and oxygen atoms in total. The number of esters is 2. The van der Waals surface area contributed by atoms with Crippen LogP contribution in [0.1, 0.15) is 284 Å². The normalized spacial score (nSPS) is 13.7. The van der Waals surface area contributed by atoms with Gasteiger partial charge >= 0.3 is 19.8 Å². The van der Waals surface area contributed by atoms with Crippen molar-refractivity contribution in [3.05, 3.63) is 72.9 Å². The zero-order valence-electron chi connectivity index (χ0n) is 50.2. The fourth-order valence-electron chi connectivity index (χ4n) is 8.86. The van der Waals surface area contributed by atoms with Gasteiger partial charge in [0.05, 0.1) is 27.7 Å². The number of likely N-dealkylation sites (N-methyl/N-ethyl adjacent to an activating group) is 1. The first-order valence-electron chi connectivity index (χ1n) is 31.7. The van der Waals surface area contributed by atoms with Gasteiger partial charge in [-0.25, -0.2) is 4.57 Å². The third-order valence-corrected chi connectivity index (χ3v) is 14.7. The van der Waals surface area contributed by atoms with Gasteiger partial charge < -0.3 is 18.9 Å². The van der Waals surface area contributed by atoms with Crippen LogP contribution in [0, 0.1) is 0 Å². The van der Waals surface area contributed by atoms with Crippen molar-refractivity contribution in [1.29, 1.82) is 0 Å². The highest BCUT2D eigenvalue weighted by Crippen LogP contribution is 2.43. The molecule has 2 unspecified atom stereocenters. The van der Waals surface area contributed by atoms with Gasteiger partial charge in [-0.05, 0) is 83.5 Å². The SMILES string of the molecule is CC/C=C\C/C=C\C/C=C\C/C=C\CCCCCCC(=O)OC(COC(=O)CCCCCCCCCCCCCCCCCCCCCCCCC/C=C\C/C=C\CCCCCCC)COP(=O)(O)OCC[N+](C)(C)C. The number of unbranched alkanes of at least 4 members (excludes halogenated alkanes) is 32. The number of carbonyl (C=O) groups is 2. The largest absolute Gasteiger partial charge is 0.472 e. The summed E-state index contributed by atoms with van der Waals surface area (Å²) in [6.45, 7) is 4.30. The summed E-state index contributed by atoms with van der Waals surface area (Å²) in [4.78, 5) is 35.7. The van der Waals surface area contributed by atoms with Gasteiger partial charge in [0.2, 0.25) is 0 Å². The number of carbonyl (C=O) groups excluding carboxylic acids is 2. The van der Waals surface area contributed by atoms with Crippen LogP contribution in [0.5, 0.6) is 0 Å². The summed E-state index contributed by atoms with van der Waals surface area (Å²) < 4.78 is 34.6. The number of ether oxygens (including phenoxy) is 2. The Morgan fingerprint density at radius 3 is 1.12 bits per heavy atom. The van der Waals surface area contributed by atoms with E-state index >= 15 is 0 Å². The molecule has 2 atom stereocenters. The molecule has 0 saturated carbocycles. The third kappa shape index (κ3) is 60.7. The summed E-state index contributed by atoms with van der Waals surface area (Å²) in [7, 11) is 1.46. The van der Waals surface area contributed by atoms with E-state index in [-0.39, 0.29) is 32.0 Å². The Kier molecular flexibility index (Phi) is 55.2. The van der Waals surface area contributed by atoms with Gasteiger partial charge in [-0.15, -0.1) is 0 Å². The molecule has 0 aliphatic rings. The molecule has 0 aliphatic carbocycles. The van der Waals surface area contributed by atoms with Crippen molar-refractivity contribution >= 4 is 19.8 Å². The second-order valence-electron chi connectivity index (χ2n) is 22.4. The number of hydrogen-bond donors (Lipinski definition) is 1. The smallest absolute Gasteiger partial charge is 0.462 e. The van der Waals surface area contributed by atoms with Gasteiger partial charge in [-0.1, -0.05) is 260 Å². The number of quaternary nitrogens is 1. The lowest BCUT2D eigenvalue weighted by Crippen LogP contribution is -2.37. The van der Waals surface area contributed by atoms with Crippen molar-refractivity contribution < 1.29 is 42.1 Å². The molecule has 0 amide bonds. The summed E-state index contributed by atoms with van der Waals surface area (Å²) in [5.41, 5.74) is 0. The lowest BCUT2D eigenvalue weighted by atomic mass is 10.0. The van der Waals surface area contributed by atoms with Crippen LogP contribution in [0.25, 0.3) is 0 Å². The van der Waals surface area contributed by atoms with E-state index in [1.54, 1.807) is 0 Å². The van der Waals surface area contributed by atoms with Gasteiger partial charge in [-0.3, -0.25) is 18.6 Å². The van der Waals surface area contributed by atoms with E-state index in [9.17, 15) is 19.0 Å². The molecule has 10 heteroatoms. The maximum Gasteiger partial charge on any atom is 0.472 e. The summed E-state index contributed by atoms with van der Waals surface area (Å²) in [5, 5.41) is 0. The minimum Gasteiger partial charge on any atom is -0.462 e. The van der Waals surface area contributed by atoms with E-state index in [1.807, 2.05) is 21.1 Å². The van der Waals surface area contributed by atoms with Crippen molar-refractivity contribution in [2.45, 2.75) is 290 Å². The van der Waals surface area contributed by atoms with Crippen LogP contribution in [0.3, 0.4) is 0 Å². The molecule has 0 aromatic rings. The van der Waals surface area contributed by atoms with E-state index in [2.05, 4.69) is 86.8 Å². The van der Waals surface area contributed by atoms with Crippen molar-refractivity contribution in [3.63, 3.8) is 0 Å². The third-order valence-electron chi connectivity index (χ3n) is 13.7. The molecule has 0 spiro atoms. The van der Waals surface area contributed by atoms with Crippen LogP contribution in [0.2, 0.25) is 0 Å². The molecule has 0 heterocycles. The Hall–Kier alpha value is -2.55. The van der Waals surface area contributed by atoms with Gasteiger partial charge in [-0.2, -0.15) is 0 Å². The van der Waals surface area contributed by atoms with Gasteiger partial charge in [0.1, 0.15) is 19.8 Å². The summed E-state index contributed by atoms with van der Waals surface area (Å²) >= 11 is 0. The fraction of sp³-hybridized carbons (Fsp3) is 0.788. The Morgan fingerprint density at radius 1 is 0.421 bits per heavy atom. The van der Waals surface area contributed by atoms with Crippen LogP contribution in [0.4, 0.5) is 0 Å². The molecule has 0 fully saturated rings. The highest BCUT2D eigenvalue weighted by Gasteiger charge is 2.27. The predicted octanol–water partition coefficient (Wildman–Crippen LogP) is 20.0. The zero-order chi connectivity index (χ0) is 55.6. The van der Waals surface area contributed by atoms with Crippen LogP contribution in [-0.2, 0) is 32.7 Å². The Bertz CT molecular complexity index is 1510. The number of phosphoric acid groups is 1. The van der Waals surface area contributed by atoms with Crippen LogP contribution in [0.15, 0.2) is 72.9 Å². The fourth-order valence-corrected chi connectivity index (χ4v) is 9.60.